The van der Waals surface area contributed by atoms with Gasteiger partial charge in [-0.1, -0.05) is 133 Å². The molecule has 0 aliphatic heterocycles. The van der Waals surface area contributed by atoms with Crippen LogP contribution in [-0.4, -0.2) is 4.98 Å². The molecule has 0 spiro atoms. The number of anilines is 3. The van der Waals surface area contributed by atoms with Gasteiger partial charge in [0.15, 0.2) is 11.2 Å². The highest BCUT2D eigenvalue weighted by Crippen LogP contribution is 2.48. The minimum Gasteiger partial charge on any atom is -0.454 e. The second kappa shape index (κ2) is 11.9. The first kappa shape index (κ1) is 29.0. The second-order valence-corrected chi connectivity index (χ2v) is 12.8. The Bertz CT molecular complexity index is 2850. The minimum atomic E-state index is 0.574. The summed E-state index contributed by atoms with van der Waals surface area (Å²) in [6.45, 7) is 0. The van der Waals surface area contributed by atoms with Crippen LogP contribution in [0.15, 0.2) is 191 Å². The van der Waals surface area contributed by atoms with Gasteiger partial charge < -0.3 is 13.7 Å². The molecule has 0 saturated heterocycles. The van der Waals surface area contributed by atoms with Gasteiger partial charge in [0.05, 0.1) is 16.8 Å². The third-order valence-electron chi connectivity index (χ3n) is 9.68. The number of hydrogen-bond donors (Lipinski definition) is 0. The van der Waals surface area contributed by atoms with Crippen molar-refractivity contribution in [3.05, 3.63) is 182 Å². The Labute approximate surface area is 294 Å². The predicted octanol–water partition coefficient (Wildman–Crippen LogP) is 13.4. The molecule has 0 aliphatic rings. The molecule has 0 fully saturated rings. The third kappa shape index (κ3) is 4.96. The maximum absolute atomic E-state index is 6.80. The lowest BCUT2D eigenvalue weighted by Gasteiger charge is -2.28. The zero-order valence-electron chi connectivity index (χ0n) is 27.5. The fraction of sp³-hybridized carbons (Fsp3) is 0. The Morgan fingerprint density at radius 2 is 1.08 bits per heavy atom. The molecule has 0 atom stereocenters. The molecular weight excluding hydrogens is 625 g/mol. The number of hydrogen-bond acceptors (Lipinski definition) is 4. The summed E-state index contributed by atoms with van der Waals surface area (Å²) in [7, 11) is 0. The topological polar surface area (TPSA) is 42.4 Å². The summed E-state index contributed by atoms with van der Waals surface area (Å²) in [6, 6.07) is 63.3. The van der Waals surface area contributed by atoms with Crippen LogP contribution in [0.25, 0.3) is 77.5 Å². The van der Waals surface area contributed by atoms with Crippen LogP contribution in [0.2, 0.25) is 0 Å². The van der Waals surface area contributed by atoms with E-state index in [-0.39, 0.29) is 0 Å². The lowest BCUT2D eigenvalue weighted by atomic mass is 9.98. The smallest absolute Gasteiger partial charge is 0.227 e. The van der Waals surface area contributed by atoms with E-state index in [4.69, 9.17) is 13.8 Å². The van der Waals surface area contributed by atoms with Crippen molar-refractivity contribution >= 4 is 60.9 Å². The van der Waals surface area contributed by atoms with Crippen molar-refractivity contribution in [2.75, 3.05) is 4.90 Å². The maximum Gasteiger partial charge on any atom is 0.227 e. The number of oxazole rings is 1. The van der Waals surface area contributed by atoms with Gasteiger partial charge in [0.1, 0.15) is 11.1 Å². The standard InChI is InChI=1S/C47H30N2O2/c1-3-13-31(14-4-1)33-25-27-37(28-26-33)49(41-21-11-9-19-38(41)36-24-23-32-15-7-8-18-35(32)29-36)42-30-40-45(51-47(48-40)34-16-5-2-6-17-34)44-39-20-10-12-22-43(39)50-46(42)44/h1-30H. The highest BCUT2D eigenvalue weighted by molar-refractivity contribution is 6.21. The fourth-order valence-corrected chi connectivity index (χ4v) is 7.24. The van der Waals surface area contributed by atoms with Crippen LogP contribution in [0.5, 0.6) is 0 Å². The maximum atomic E-state index is 6.80. The van der Waals surface area contributed by atoms with Gasteiger partial charge in [-0.3, -0.25) is 0 Å². The van der Waals surface area contributed by atoms with E-state index in [1.54, 1.807) is 0 Å². The monoisotopic (exact) mass is 654 g/mol. The summed E-state index contributed by atoms with van der Waals surface area (Å²) in [5.41, 5.74) is 11.4. The van der Waals surface area contributed by atoms with E-state index in [2.05, 4.69) is 132 Å². The van der Waals surface area contributed by atoms with Crippen molar-refractivity contribution in [3.8, 4) is 33.7 Å². The summed E-state index contributed by atoms with van der Waals surface area (Å²) < 4.78 is 13.4. The second-order valence-electron chi connectivity index (χ2n) is 12.8. The Morgan fingerprint density at radius 3 is 1.90 bits per heavy atom. The predicted molar refractivity (Wildman–Crippen MR) is 210 cm³/mol. The molecule has 8 aromatic carbocycles. The number of furan rings is 1. The molecule has 0 amide bonds. The van der Waals surface area contributed by atoms with Gasteiger partial charge in [0, 0.05) is 22.2 Å². The van der Waals surface area contributed by atoms with Gasteiger partial charge in [-0.05, 0) is 76.0 Å². The average molecular weight is 655 g/mol. The molecule has 0 radical (unpaired) electrons. The first-order valence-corrected chi connectivity index (χ1v) is 17.1. The molecule has 10 rings (SSSR count). The molecule has 0 saturated carbocycles. The van der Waals surface area contributed by atoms with Crippen LogP contribution in [0.4, 0.5) is 17.1 Å². The molecule has 240 valence electrons. The van der Waals surface area contributed by atoms with Gasteiger partial charge in [-0.15, -0.1) is 0 Å². The zero-order valence-corrected chi connectivity index (χ0v) is 27.5. The molecule has 0 unspecified atom stereocenters. The highest BCUT2D eigenvalue weighted by Gasteiger charge is 2.26. The first-order chi connectivity index (χ1) is 25.3. The van der Waals surface area contributed by atoms with Crippen LogP contribution in [0.1, 0.15) is 0 Å². The number of nitrogens with zero attached hydrogens (tertiary/aromatic N) is 2. The van der Waals surface area contributed by atoms with E-state index in [0.29, 0.717) is 11.5 Å². The van der Waals surface area contributed by atoms with Gasteiger partial charge in [0.2, 0.25) is 5.89 Å². The van der Waals surface area contributed by atoms with Gasteiger partial charge in [-0.2, -0.15) is 0 Å². The summed E-state index contributed by atoms with van der Waals surface area (Å²) in [5.74, 6) is 0.574. The van der Waals surface area contributed by atoms with Crippen LogP contribution < -0.4 is 4.90 Å². The normalized spacial score (nSPS) is 11.5. The van der Waals surface area contributed by atoms with Gasteiger partial charge >= 0.3 is 0 Å². The van der Waals surface area contributed by atoms with Crippen molar-refractivity contribution < 1.29 is 8.83 Å². The van der Waals surface area contributed by atoms with Gasteiger partial charge in [0.25, 0.3) is 0 Å². The van der Waals surface area contributed by atoms with E-state index in [1.807, 2.05) is 54.6 Å². The molecule has 4 heteroatoms. The molecule has 51 heavy (non-hydrogen) atoms. The molecule has 2 heterocycles. The molecule has 10 aromatic rings. The quantitative estimate of drug-likeness (QED) is 0.179. The molecule has 0 aliphatic carbocycles. The van der Waals surface area contributed by atoms with Crippen molar-refractivity contribution in [2.24, 2.45) is 0 Å². The number of aromatic nitrogens is 1. The largest absolute Gasteiger partial charge is 0.454 e. The third-order valence-corrected chi connectivity index (χ3v) is 9.68. The lowest BCUT2D eigenvalue weighted by molar-refractivity contribution is 0.622. The van der Waals surface area contributed by atoms with E-state index in [0.717, 1.165) is 66.8 Å². The molecule has 0 N–H and O–H groups in total. The van der Waals surface area contributed by atoms with E-state index >= 15 is 0 Å². The summed E-state index contributed by atoms with van der Waals surface area (Å²) in [4.78, 5) is 7.39. The molecule has 0 bridgehead atoms. The van der Waals surface area contributed by atoms with Crippen LogP contribution in [0, 0.1) is 0 Å². The van der Waals surface area contributed by atoms with Crippen LogP contribution in [-0.2, 0) is 0 Å². The lowest BCUT2D eigenvalue weighted by Crippen LogP contribution is -2.11. The summed E-state index contributed by atoms with van der Waals surface area (Å²) >= 11 is 0. The summed E-state index contributed by atoms with van der Waals surface area (Å²) in [6.07, 6.45) is 0. The Hall–Kier alpha value is -6.91. The van der Waals surface area contributed by atoms with Crippen molar-refractivity contribution in [3.63, 3.8) is 0 Å². The number of rotatable bonds is 6. The number of benzene rings is 8. The fourth-order valence-electron chi connectivity index (χ4n) is 7.24. The Kier molecular flexibility index (Phi) is 6.78. The van der Waals surface area contributed by atoms with E-state index in [9.17, 15) is 0 Å². The number of para-hydroxylation sites is 2. The van der Waals surface area contributed by atoms with Gasteiger partial charge in [-0.25, -0.2) is 4.98 Å². The summed E-state index contributed by atoms with van der Waals surface area (Å²) in [5, 5.41) is 4.29. The van der Waals surface area contributed by atoms with Crippen molar-refractivity contribution in [1.82, 2.24) is 4.98 Å². The number of fused-ring (bicyclic) bond motifs is 6. The van der Waals surface area contributed by atoms with Crippen LogP contribution >= 0.6 is 0 Å². The highest BCUT2D eigenvalue weighted by atomic mass is 16.4. The molecule has 4 nitrogen and oxygen atoms in total. The molecule has 2 aromatic heterocycles. The SMILES string of the molecule is c1ccc(-c2ccc(N(c3ccccc3-c3ccc4ccccc4c3)c3cc4nc(-c5ccccc5)oc4c4c3oc3ccccc34)cc2)cc1. The van der Waals surface area contributed by atoms with E-state index in [1.165, 1.54) is 16.3 Å². The van der Waals surface area contributed by atoms with E-state index < -0.39 is 0 Å². The molecular formula is C47H30N2O2. The zero-order chi connectivity index (χ0) is 33.7. The van der Waals surface area contributed by atoms with Crippen molar-refractivity contribution in [1.29, 1.82) is 0 Å². The van der Waals surface area contributed by atoms with Crippen LogP contribution in [0.3, 0.4) is 0 Å². The average Bonchev–Trinajstić information content (AvgIpc) is 3.81. The first-order valence-electron chi connectivity index (χ1n) is 17.1. The van der Waals surface area contributed by atoms with Crippen molar-refractivity contribution in [2.45, 2.75) is 0 Å². The Balaban J connectivity index is 1.26. The Morgan fingerprint density at radius 1 is 0.431 bits per heavy atom. The minimum absolute atomic E-state index is 0.574.